The van der Waals surface area contributed by atoms with E-state index in [4.69, 9.17) is 18.9 Å². The molecule has 0 fully saturated rings. The monoisotopic (exact) mass is 274 g/mol. The summed E-state index contributed by atoms with van der Waals surface area (Å²) in [5.41, 5.74) is 0.375. The number of hydrogen-bond acceptors (Lipinski definition) is 5. The summed E-state index contributed by atoms with van der Waals surface area (Å²) in [6.07, 6.45) is 0. The normalized spacial score (nSPS) is 21.1. The number of ether oxygens (including phenoxy) is 4. The van der Waals surface area contributed by atoms with E-state index in [-0.39, 0.29) is 0 Å². The van der Waals surface area contributed by atoms with Crippen molar-refractivity contribution >= 4 is 16.7 Å². The molecule has 2 aromatic rings. The van der Waals surface area contributed by atoms with E-state index in [0.29, 0.717) is 17.1 Å². The van der Waals surface area contributed by atoms with Gasteiger partial charge in [-0.25, -0.2) is 4.79 Å². The maximum atomic E-state index is 12.0. The van der Waals surface area contributed by atoms with Crippen LogP contribution in [0.1, 0.15) is 17.3 Å². The molecule has 1 heterocycles. The molecule has 0 aromatic heterocycles. The van der Waals surface area contributed by atoms with Gasteiger partial charge < -0.3 is 18.9 Å². The van der Waals surface area contributed by atoms with Crippen molar-refractivity contribution in [3.8, 4) is 11.5 Å². The van der Waals surface area contributed by atoms with Gasteiger partial charge in [0.05, 0.1) is 7.11 Å². The van der Waals surface area contributed by atoms with Gasteiger partial charge >= 0.3 is 11.9 Å². The highest BCUT2D eigenvalue weighted by Gasteiger charge is 2.38. The minimum Gasteiger partial charge on any atom is -0.496 e. The van der Waals surface area contributed by atoms with Crippen molar-refractivity contribution in [1.82, 2.24) is 0 Å². The lowest BCUT2D eigenvalue weighted by atomic mass is 10.0. The fraction of sp³-hybridized carbons (Fsp3) is 0.267. The Kier molecular flexibility index (Phi) is 2.79. The van der Waals surface area contributed by atoms with Crippen molar-refractivity contribution in [3.63, 3.8) is 0 Å². The molecule has 2 aromatic carbocycles. The first-order chi connectivity index (χ1) is 9.56. The third-order valence-corrected chi connectivity index (χ3v) is 3.32. The van der Waals surface area contributed by atoms with Crippen LogP contribution in [0.2, 0.25) is 0 Å². The van der Waals surface area contributed by atoms with Crippen LogP contribution in [0.15, 0.2) is 30.3 Å². The zero-order valence-electron chi connectivity index (χ0n) is 11.4. The van der Waals surface area contributed by atoms with Crippen LogP contribution in [0.5, 0.6) is 11.5 Å². The Hall–Kier alpha value is -2.27. The fourth-order valence-corrected chi connectivity index (χ4v) is 2.23. The quantitative estimate of drug-likeness (QED) is 0.788. The molecule has 1 aliphatic rings. The highest BCUT2D eigenvalue weighted by atomic mass is 16.9. The van der Waals surface area contributed by atoms with Crippen molar-refractivity contribution < 1.29 is 23.7 Å². The van der Waals surface area contributed by atoms with E-state index in [0.717, 1.165) is 10.8 Å². The Labute approximate surface area is 116 Å². The molecule has 0 spiro atoms. The van der Waals surface area contributed by atoms with Gasteiger partial charge in [0, 0.05) is 19.4 Å². The Balaban J connectivity index is 2.22. The second kappa shape index (κ2) is 4.38. The lowest BCUT2D eigenvalue weighted by Gasteiger charge is -2.32. The van der Waals surface area contributed by atoms with Crippen LogP contribution in [0.4, 0.5) is 0 Å². The zero-order valence-corrected chi connectivity index (χ0v) is 11.4. The van der Waals surface area contributed by atoms with Crippen LogP contribution >= 0.6 is 0 Å². The first-order valence-corrected chi connectivity index (χ1v) is 6.14. The zero-order chi connectivity index (χ0) is 14.3. The molecule has 5 nitrogen and oxygen atoms in total. The third-order valence-electron chi connectivity index (χ3n) is 3.32. The largest absolute Gasteiger partial charge is 0.496 e. The smallest absolute Gasteiger partial charge is 0.370 e. The second-order valence-electron chi connectivity index (χ2n) is 4.59. The molecule has 5 heteroatoms. The molecule has 0 radical (unpaired) electrons. The molecule has 0 saturated heterocycles. The predicted molar refractivity (Wildman–Crippen MR) is 72.0 cm³/mol. The van der Waals surface area contributed by atoms with Crippen molar-refractivity contribution in [3.05, 3.63) is 35.9 Å². The molecule has 0 amide bonds. The maximum Gasteiger partial charge on any atom is 0.370 e. The van der Waals surface area contributed by atoms with Gasteiger partial charge in [-0.15, -0.1) is 0 Å². The topological polar surface area (TPSA) is 54.0 Å². The van der Waals surface area contributed by atoms with Gasteiger partial charge in [-0.2, -0.15) is 0 Å². The summed E-state index contributed by atoms with van der Waals surface area (Å²) < 4.78 is 21.2. The highest BCUT2D eigenvalue weighted by molar-refractivity contribution is 6.01. The Bertz CT molecular complexity index is 694. The highest BCUT2D eigenvalue weighted by Crippen LogP contribution is 2.37. The molecular formula is C15H14O5. The minimum atomic E-state index is -1.40. The van der Waals surface area contributed by atoms with Crippen molar-refractivity contribution in [2.45, 2.75) is 12.9 Å². The van der Waals surface area contributed by atoms with E-state index in [1.807, 2.05) is 18.2 Å². The van der Waals surface area contributed by atoms with Gasteiger partial charge in [0.25, 0.3) is 0 Å². The molecule has 0 saturated carbocycles. The Morgan fingerprint density at radius 2 is 1.95 bits per heavy atom. The van der Waals surface area contributed by atoms with Crippen molar-refractivity contribution in [2.24, 2.45) is 0 Å². The van der Waals surface area contributed by atoms with E-state index >= 15 is 0 Å². The number of hydrogen-bond donors (Lipinski definition) is 0. The van der Waals surface area contributed by atoms with Crippen LogP contribution < -0.4 is 9.47 Å². The summed E-state index contributed by atoms with van der Waals surface area (Å²) in [4.78, 5) is 12.0. The Morgan fingerprint density at radius 3 is 2.65 bits per heavy atom. The first kappa shape index (κ1) is 12.7. The molecule has 1 unspecified atom stereocenters. The standard InChI is InChI=1S/C15H14O5/c1-15(18-3)19-13-8-10-9(5-4-6-12(10)17-2)7-11(13)14(16)20-15/h4-8H,1-3H3. The number of methoxy groups -OCH3 is 2. The van der Waals surface area contributed by atoms with Gasteiger partial charge in [0.15, 0.2) is 0 Å². The molecule has 104 valence electrons. The third kappa shape index (κ3) is 1.87. The van der Waals surface area contributed by atoms with Gasteiger partial charge in [-0.05, 0) is 23.6 Å². The fourth-order valence-electron chi connectivity index (χ4n) is 2.23. The van der Waals surface area contributed by atoms with E-state index in [9.17, 15) is 4.79 Å². The molecule has 20 heavy (non-hydrogen) atoms. The summed E-state index contributed by atoms with van der Waals surface area (Å²) in [5.74, 6) is -0.741. The number of fused-ring (bicyclic) bond motifs is 2. The van der Waals surface area contributed by atoms with Crippen LogP contribution in [0, 0.1) is 0 Å². The van der Waals surface area contributed by atoms with Crippen LogP contribution in [-0.4, -0.2) is 26.2 Å². The molecule has 1 atom stereocenters. The molecule has 0 N–H and O–H groups in total. The summed E-state index contributed by atoms with van der Waals surface area (Å²) in [6.45, 7) is 1.54. The molecule has 0 bridgehead atoms. The number of cyclic esters (lactones) is 1. The SMILES string of the molecule is COc1cccc2cc3c(cc12)OC(C)(OC)OC3=O. The average Bonchev–Trinajstić information content (AvgIpc) is 2.45. The lowest BCUT2D eigenvalue weighted by Crippen LogP contribution is -2.43. The van der Waals surface area contributed by atoms with E-state index < -0.39 is 11.9 Å². The predicted octanol–water partition coefficient (Wildman–Crippen LogP) is 2.72. The van der Waals surface area contributed by atoms with Crippen LogP contribution in [0.25, 0.3) is 10.8 Å². The molecular weight excluding hydrogens is 260 g/mol. The van der Waals surface area contributed by atoms with E-state index in [2.05, 4.69) is 0 Å². The number of benzene rings is 2. The van der Waals surface area contributed by atoms with Gasteiger partial charge in [-0.3, -0.25) is 0 Å². The number of carbonyl (C=O) groups is 1. The van der Waals surface area contributed by atoms with E-state index in [1.165, 1.54) is 7.11 Å². The van der Waals surface area contributed by atoms with Crippen molar-refractivity contribution in [1.29, 1.82) is 0 Å². The number of carbonyl (C=O) groups excluding carboxylic acids is 1. The minimum absolute atomic E-state index is 0.375. The average molecular weight is 274 g/mol. The van der Waals surface area contributed by atoms with Crippen LogP contribution in [0.3, 0.4) is 0 Å². The number of rotatable bonds is 2. The summed E-state index contributed by atoms with van der Waals surface area (Å²) in [6, 6.07) is 9.11. The summed E-state index contributed by atoms with van der Waals surface area (Å²) in [7, 11) is 3.02. The molecule has 3 rings (SSSR count). The van der Waals surface area contributed by atoms with E-state index in [1.54, 1.807) is 26.2 Å². The first-order valence-electron chi connectivity index (χ1n) is 6.14. The summed E-state index contributed by atoms with van der Waals surface area (Å²) >= 11 is 0. The molecule has 0 aliphatic carbocycles. The van der Waals surface area contributed by atoms with Crippen LogP contribution in [-0.2, 0) is 9.47 Å². The maximum absolute atomic E-state index is 12.0. The number of esters is 1. The lowest BCUT2D eigenvalue weighted by molar-refractivity contribution is -0.297. The summed E-state index contributed by atoms with van der Waals surface area (Å²) in [5, 5.41) is 1.74. The Morgan fingerprint density at radius 1 is 1.15 bits per heavy atom. The van der Waals surface area contributed by atoms with Gasteiger partial charge in [0.1, 0.15) is 17.1 Å². The second-order valence-corrected chi connectivity index (χ2v) is 4.59. The van der Waals surface area contributed by atoms with Crippen molar-refractivity contribution in [2.75, 3.05) is 14.2 Å². The molecule has 1 aliphatic heterocycles. The van der Waals surface area contributed by atoms with Gasteiger partial charge in [0.2, 0.25) is 0 Å². The van der Waals surface area contributed by atoms with Gasteiger partial charge in [-0.1, -0.05) is 12.1 Å².